The lowest BCUT2D eigenvalue weighted by Gasteiger charge is -2.08. The first kappa shape index (κ1) is 17.5. The average molecular weight is 388 g/mol. The number of benzene rings is 2. The molecule has 0 aliphatic carbocycles. The monoisotopic (exact) mass is 388 g/mol. The predicted molar refractivity (Wildman–Crippen MR) is 109 cm³/mol. The van der Waals surface area contributed by atoms with E-state index in [1.165, 1.54) is 29.5 Å². The molecule has 2 aromatic carbocycles. The molecule has 7 nitrogen and oxygen atoms in total. The lowest BCUT2D eigenvalue weighted by atomic mass is 10.2. The van der Waals surface area contributed by atoms with Gasteiger partial charge in [-0.2, -0.15) is 5.26 Å². The van der Waals surface area contributed by atoms with Crippen LogP contribution >= 0.6 is 11.3 Å². The topological polar surface area (TPSA) is 101 Å². The Morgan fingerprint density at radius 2 is 1.86 bits per heavy atom. The van der Waals surface area contributed by atoms with Crippen molar-refractivity contribution in [2.24, 2.45) is 0 Å². The van der Waals surface area contributed by atoms with Gasteiger partial charge in [0.05, 0.1) is 16.3 Å². The Balaban J connectivity index is 1.91. The van der Waals surface area contributed by atoms with Crippen LogP contribution in [0.15, 0.2) is 71.5 Å². The fourth-order valence-corrected chi connectivity index (χ4v) is 4.02. The second-order valence-corrected chi connectivity index (χ2v) is 6.91. The Morgan fingerprint density at radius 3 is 2.57 bits per heavy atom. The molecule has 0 saturated heterocycles. The molecule has 0 unspecified atom stereocenters. The lowest BCUT2D eigenvalue weighted by Crippen LogP contribution is -2.16. The molecule has 1 N–H and O–H groups in total. The van der Waals surface area contributed by atoms with Crippen LogP contribution in [0.4, 0.5) is 17.1 Å². The van der Waals surface area contributed by atoms with Crippen molar-refractivity contribution in [2.75, 3.05) is 5.32 Å². The van der Waals surface area contributed by atoms with Gasteiger partial charge >= 0.3 is 0 Å². The number of para-hydroxylation sites is 1. The van der Waals surface area contributed by atoms with Crippen LogP contribution in [0.25, 0.3) is 15.9 Å². The number of hydrogen-bond donors (Lipinski definition) is 1. The van der Waals surface area contributed by atoms with E-state index in [9.17, 15) is 20.2 Å². The molecule has 2 heterocycles. The third kappa shape index (κ3) is 3.00. The summed E-state index contributed by atoms with van der Waals surface area (Å²) in [6, 6.07) is 20.5. The van der Waals surface area contributed by atoms with Crippen LogP contribution < -0.4 is 10.9 Å². The van der Waals surface area contributed by atoms with Gasteiger partial charge in [-0.3, -0.25) is 19.5 Å². The third-order valence-electron chi connectivity index (χ3n) is 4.18. The van der Waals surface area contributed by atoms with E-state index in [2.05, 4.69) is 11.4 Å². The van der Waals surface area contributed by atoms with Gasteiger partial charge in [0.2, 0.25) is 0 Å². The molecular formula is C20H12N4O3S. The number of non-ortho nitro benzene ring substituents is 1. The third-order valence-corrected chi connectivity index (χ3v) is 5.28. The number of nitrogens with one attached hydrogen (secondary N) is 1. The number of fused-ring (bicyclic) bond motifs is 1. The molecule has 0 bridgehead atoms. The lowest BCUT2D eigenvalue weighted by molar-refractivity contribution is -0.384. The number of hydrogen-bond acceptors (Lipinski definition) is 6. The highest BCUT2D eigenvalue weighted by Crippen LogP contribution is 2.37. The number of rotatable bonds is 4. The van der Waals surface area contributed by atoms with Gasteiger partial charge in [-0.15, -0.1) is 11.3 Å². The van der Waals surface area contributed by atoms with Crippen molar-refractivity contribution >= 4 is 38.6 Å². The van der Waals surface area contributed by atoms with Gasteiger partial charge in [0.25, 0.3) is 11.2 Å². The van der Waals surface area contributed by atoms with Crippen LogP contribution in [0.2, 0.25) is 0 Å². The summed E-state index contributed by atoms with van der Waals surface area (Å²) in [5, 5.41) is 24.4. The fraction of sp³-hybridized carbons (Fsp3) is 0. The SMILES string of the molecule is N#Cc1sc2c(ccc(=O)n2-c2ccccc2)c1Nc1cccc([N+](=O)[O-])c1. The Bertz CT molecular complexity index is 1300. The number of nitriles is 1. The number of nitro benzene ring substituents is 1. The second kappa shape index (κ2) is 6.98. The average Bonchev–Trinajstić information content (AvgIpc) is 3.06. The molecule has 0 spiro atoms. The summed E-state index contributed by atoms with van der Waals surface area (Å²) < 4.78 is 1.56. The summed E-state index contributed by atoms with van der Waals surface area (Å²) in [6.45, 7) is 0. The van der Waals surface area contributed by atoms with Crippen molar-refractivity contribution in [1.29, 1.82) is 5.26 Å². The Kier molecular flexibility index (Phi) is 4.35. The molecule has 0 fully saturated rings. The van der Waals surface area contributed by atoms with Gasteiger partial charge in [0.1, 0.15) is 15.8 Å². The second-order valence-electron chi connectivity index (χ2n) is 5.91. The minimum absolute atomic E-state index is 0.0516. The number of anilines is 2. The van der Waals surface area contributed by atoms with E-state index in [1.807, 2.05) is 30.3 Å². The maximum absolute atomic E-state index is 12.5. The Hall–Kier alpha value is -3.96. The molecule has 136 valence electrons. The number of nitrogens with zero attached hydrogens (tertiary/aromatic N) is 3. The van der Waals surface area contributed by atoms with E-state index in [-0.39, 0.29) is 11.2 Å². The quantitative estimate of drug-likeness (QED) is 0.407. The number of nitro groups is 1. The number of thiophene rings is 1. The van der Waals surface area contributed by atoms with Crippen LogP contribution in [-0.2, 0) is 0 Å². The van der Waals surface area contributed by atoms with Crippen LogP contribution in [0, 0.1) is 21.4 Å². The number of pyridine rings is 1. The summed E-state index contributed by atoms with van der Waals surface area (Å²) in [5.41, 5.74) is 1.46. The first-order valence-electron chi connectivity index (χ1n) is 8.24. The van der Waals surface area contributed by atoms with Crippen molar-refractivity contribution in [2.45, 2.75) is 0 Å². The van der Waals surface area contributed by atoms with Gasteiger partial charge in [-0.1, -0.05) is 24.3 Å². The summed E-state index contributed by atoms with van der Waals surface area (Å²) in [6.07, 6.45) is 0. The smallest absolute Gasteiger partial charge is 0.271 e. The van der Waals surface area contributed by atoms with E-state index in [0.29, 0.717) is 32.2 Å². The molecule has 0 saturated carbocycles. The maximum Gasteiger partial charge on any atom is 0.271 e. The van der Waals surface area contributed by atoms with Gasteiger partial charge in [0, 0.05) is 29.3 Å². The van der Waals surface area contributed by atoms with Crippen molar-refractivity contribution in [3.8, 4) is 11.8 Å². The highest BCUT2D eigenvalue weighted by Gasteiger charge is 2.17. The van der Waals surface area contributed by atoms with E-state index in [4.69, 9.17) is 0 Å². The fourth-order valence-electron chi connectivity index (χ4n) is 2.95. The normalized spacial score (nSPS) is 10.5. The molecule has 4 aromatic rings. The van der Waals surface area contributed by atoms with Gasteiger partial charge in [-0.05, 0) is 24.3 Å². The molecule has 0 aliphatic rings. The van der Waals surface area contributed by atoms with Crippen molar-refractivity contribution in [1.82, 2.24) is 4.57 Å². The molecule has 0 aliphatic heterocycles. The minimum Gasteiger partial charge on any atom is -0.353 e. The van der Waals surface area contributed by atoms with E-state index < -0.39 is 4.92 Å². The largest absolute Gasteiger partial charge is 0.353 e. The summed E-state index contributed by atoms with van der Waals surface area (Å²) >= 11 is 1.19. The molecule has 2 aromatic heterocycles. The van der Waals surface area contributed by atoms with E-state index >= 15 is 0 Å². The molecule has 8 heteroatoms. The first-order valence-corrected chi connectivity index (χ1v) is 9.05. The van der Waals surface area contributed by atoms with Gasteiger partial charge < -0.3 is 5.32 Å². The highest BCUT2D eigenvalue weighted by molar-refractivity contribution is 7.20. The van der Waals surface area contributed by atoms with Crippen molar-refractivity contribution in [3.63, 3.8) is 0 Å². The zero-order valence-corrected chi connectivity index (χ0v) is 15.1. The summed E-state index contributed by atoms with van der Waals surface area (Å²) in [5.74, 6) is 0. The van der Waals surface area contributed by atoms with Crippen molar-refractivity contribution in [3.05, 3.63) is 92.1 Å². The Labute approximate surface area is 162 Å². The van der Waals surface area contributed by atoms with Crippen LogP contribution in [0.5, 0.6) is 0 Å². The van der Waals surface area contributed by atoms with Crippen molar-refractivity contribution < 1.29 is 4.92 Å². The molecule has 4 rings (SSSR count). The van der Waals surface area contributed by atoms with Crippen LogP contribution in [0.1, 0.15) is 4.88 Å². The van der Waals surface area contributed by atoms with Gasteiger partial charge in [-0.25, -0.2) is 0 Å². The minimum atomic E-state index is -0.477. The molecule has 0 radical (unpaired) electrons. The molecule has 0 amide bonds. The first-order chi connectivity index (χ1) is 13.6. The highest BCUT2D eigenvalue weighted by atomic mass is 32.1. The maximum atomic E-state index is 12.5. The van der Waals surface area contributed by atoms with E-state index in [1.54, 1.807) is 22.8 Å². The summed E-state index contributed by atoms with van der Waals surface area (Å²) in [4.78, 5) is 24.1. The zero-order chi connectivity index (χ0) is 19.7. The van der Waals surface area contributed by atoms with Crippen LogP contribution in [0.3, 0.4) is 0 Å². The molecular weight excluding hydrogens is 376 g/mol. The zero-order valence-electron chi connectivity index (χ0n) is 14.3. The Morgan fingerprint density at radius 1 is 1.07 bits per heavy atom. The van der Waals surface area contributed by atoms with E-state index in [0.717, 1.165) is 0 Å². The van der Waals surface area contributed by atoms with Crippen LogP contribution in [-0.4, -0.2) is 9.49 Å². The summed E-state index contributed by atoms with van der Waals surface area (Å²) in [7, 11) is 0. The number of aromatic nitrogens is 1. The van der Waals surface area contributed by atoms with Gasteiger partial charge in [0.15, 0.2) is 0 Å². The molecule has 0 atom stereocenters. The standard InChI is InChI=1S/C20H12N4O3S/c21-12-17-19(22-13-5-4-8-15(11-13)24(26)27)16-9-10-18(25)23(20(16)28-17)14-6-2-1-3-7-14/h1-11,22H. The molecule has 28 heavy (non-hydrogen) atoms. The predicted octanol–water partition coefficient (Wildman–Crippen LogP) is 4.58.